The first-order chi connectivity index (χ1) is 16.7. The molecule has 0 saturated carbocycles. The van der Waals surface area contributed by atoms with Crippen molar-refractivity contribution in [2.45, 2.75) is 136 Å². The van der Waals surface area contributed by atoms with E-state index in [0.717, 1.165) is 19.4 Å². The molecule has 214 valence electrons. The largest absolute Gasteiger partial charge is 1.00 e. The van der Waals surface area contributed by atoms with Crippen molar-refractivity contribution >= 4 is 0 Å². The highest BCUT2D eigenvalue weighted by Crippen LogP contribution is 2.24. The highest BCUT2D eigenvalue weighted by Gasteiger charge is 2.44. The highest BCUT2D eigenvalue weighted by atomic mass is 35.5. The minimum absolute atomic E-state index is 0. The molecule has 35 heavy (non-hydrogen) atoms. The molecule has 6 nitrogen and oxygen atoms in total. The predicted octanol–water partition coefficient (Wildman–Crippen LogP) is 2.77. The molecule has 0 bridgehead atoms. The van der Waals surface area contributed by atoms with Gasteiger partial charge in [-0.3, -0.25) is 4.48 Å². The van der Waals surface area contributed by atoms with Crippen molar-refractivity contribution in [3.05, 3.63) is 0 Å². The summed E-state index contributed by atoms with van der Waals surface area (Å²) < 4.78 is 11.9. The second-order valence-corrected chi connectivity index (χ2v) is 9.76. The lowest BCUT2D eigenvalue weighted by Gasteiger charge is -2.47. The molecule has 0 amide bonds. The lowest BCUT2D eigenvalue weighted by molar-refractivity contribution is -1.01. The normalized spacial score (nSPS) is 14.9. The third-order valence-electron chi connectivity index (χ3n) is 7.12. The van der Waals surface area contributed by atoms with Gasteiger partial charge >= 0.3 is 0 Å². The average molecular weight is 526 g/mol. The molecule has 7 heteroatoms. The Bertz CT molecular complexity index is 403. The summed E-state index contributed by atoms with van der Waals surface area (Å²) in [6.07, 6.45) is 20.2. The fraction of sp³-hybridized carbons (Fsp3) is 1.00. The third kappa shape index (κ3) is 17.2. The van der Waals surface area contributed by atoms with Gasteiger partial charge in [0.2, 0.25) is 12.5 Å². The molecule has 0 heterocycles. The molecule has 0 rings (SSSR count). The summed E-state index contributed by atoms with van der Waals surface area (Å²) >= 11 is 0. The Labute approximate surface area is 223 Å². The van der Waals surface area contributed by atoms with Crippen LogP contribution in [0, 0.1) is 0 Å². The van der Waals surface area contributed by atoms with Gasteiger partial charge in [-0.05, 0) is 26.7 Å². The van der Waals surface area contributed by atoms with E-state index in [9.17, 15) is 15.3 Å². The van der Waals surface area contributed by atoms with Crippen LogP contribution in [0.25, 0.3) is 0 Å². The van der Waals surface area contributed by atoms with Crippen molar-refractivity contribution in [2.24, 2.45) is 0 Å². The summed E-state index contributed by atoms with van der Waals surface area (Å²) in [5.74, 6) is 0. The molecule has 0 aromatic rings. The van der Waals surface area contributed by atoms with Crippen LogP contribution < -0.4 is 12.4 Å². The van der Waals surface area contributed by atoms with Gasteiger partial charge in [0.15, 0.2) is 0 Å². The topological polar surface area (TPSA) is 79.2 Å². The van der Waals surface area contributed by atoms with E-state index in [-0.39, 0.29) is 36.7 Å². The Kier molecular flexibility index (Phi) is 28.8. The van der Waals surface area contributed by atoms with E-state index in [0.29, 0.717) is 19.8 Å². The standard InChI is InChI=1S/C28H60NO5.ClH/c1-4-7-8-9-10-11-12-13-14-15-16-17-18-19-20-21-22-29(23-24-30,27(25-31)33-5-2)28(26-32)34-6-3;/h27-28,30-32H,4-26H2,1-3H3;1H/q+1;/p-1. The van der Waals surface area contributed by atoms with Crippen LogP contribution in [0.3, 0.4) is 0 Å². The lowest BCUT2D eigenvalue weighted by atomic mass is 10.0. The first kappa shape index (κ1) is 37.2. The number of nitrogens with zero attached hydrogens (tertiary/aromatic N) is 1. The van der Waals surface area contributed by atoms with E-state index in [1.165, 1.54) is 89.9 Å². The van der Waals surface area contributed by atoms with Gasteiger partial charge in [0, 0.05) is 0 Å². The summed E-state index contributed by atoms with van der Waals surface area (Å²) in [5.41, 5.74) is 0. The molecule has 0 spiro atoms. The molecule has 2 atom stereocenters. The molecule has 0 radical (unpaired) electrons. The third-order valence-corrected chi connectivity index (χ3v) is 7.12. The number of aliphatic hydroxyl groups is 3. The van der Waals surface area contributed by atoms with E-state index >= 15 is 0 Å². The van der Waals surface area contributed by atoms with Crippen LogP contribution in [0.4, 0.5) is 0 Å². The van der Waals surface area contributed by atoms with Crippen LogP contribution in [-0.4, -0.2) is 78.4 Å². The Morgan fingerprint density at radius 1 is 0.514 bits per heavy atom. The zero-order valence-electron chi connectivity index (χ0n) is 23.4. The molecule has 2 unspecified atom stereocenters. The second kappa shape index (κ2) is 27.1. The van der Waals surface area contributed by atoms with Gasteiger partial charge in [-0.25, -0.2) is 0 Å². The molecule has 0 aliphatic heterocycles. The minimum atomic E-state index is -0.503. The monoisotopic (exact) mass is 525 g/mol. The molecule has 3 N–H and O–H groups in total. The van der Waals surface area contributed by atoms with E-state index in [1.807, 2.05) is 13.8 Å². The van der Waals surface area contributed by atoms with Crippen LogP contribution in [0.1, 0.15) is 124 Å². The summed E-state index contributed by atoms with van der Waals surface area (Å²) in [6.45, 7) is 7.79. The minimum Gasteiger partial charge on any atom is -1.00 e. The van der Waals surface area contributed by atoms with Crippen LogP contribution in [0.2, 0.25) is 0 Å². The number of hydrogen-bond donors (Lipinski definition) is 3. The number of halogens is 1. The number of unbranched alkanes of at least 4 members (excludes halogenated alkanes) is 15. The summed E-state index contributed by atoms with van der Waals surface area (Å²) in [5, 5.41) is 29.8. The van der Waals surface area contributed by atoms with Gasteiger partial charge in [-0.1, -0.05) is 96.8 Å². The Balaban J connectivity index is 0. The smallest absolute Gasteiger partial charge is 0.219 e. The molecule has 0 saturated heterocycles. The molecule has 0 aromatic heterocycles. The fourth-order valence-corrected chi connectivity index (χ4v) is 5.13. The highest BCUT2D eigenvalue weighted by molar-refractivity contribution is 4.58. The summed E-state index contributed by atoms with van der Waals surface area (Å²) in [6, 6.07) is 0. The second-order valence-electron chi connectivity index (χ2n) is 9.76. The van der Waals surface area contributed by atoms with Gasteiger partial charge in [-0.2, -0.15) is 0 Å². The molecule has 0 aliphatic rings. The molecule has 0 fully saturated rings. The van der Waals surface area contributed by atoms with E-state index in [2.05, 4.69) is 6.92 Å². The van der Waals surface area contributed by atoms with Crippen molar-refractivity contribution < 1.29 is 41.7 Å². The number of aliphatic hydroxyl groups excluding tert-OH is 3. The maximum absolute atomic E-state index is 10.0. The Morgan fingerprint density at radius 3 is 1.14 bits per heavy atom. The van der Waals surface area contributed by atoms with Crippen LogP contribution in [0.5, 0.6) is 0 Å². The molecule has 0 aromatic carbocycles. The summed E-state index contributed by atoms with van der Waals surface area (Å²) in [7, 11) is 0. The van der Waals surface area contributed by atoms with Crippen molar-refractivity contribution in [2.75, 3.05) is 46.1 Å². The van der Waals surface area contributed by atoms with Crippen molar-refractivity contribution in [3.8, 4) is 0 Å². The fourth-order valence-electron chi connectivity index (χ4n) is 5.13. The number of ether oxygens (including phenoxy) is 2. The van der Waals surface area contributed by atoms with Gasteiger partial charge in [0.05, 0.1) is 26.4 Å². The van der Waals surface area contributed by atoms with E-state index in [4.69, 9.17) is 9.47 Å². The zero-order valence-corrected chi connectivity index (χ0v) is 24.2. The number of hydrogen-bond acceptors (Lipinski definition) is 5. The van der Waals surface area contributed by atoms with Crippen LogP contribution in [0.15, 0.2) is 0 Å². The lowest BCUT2D eigenvalue weighted by Crippen LogP contribution is -3.00. The van der Waals surface area contributed by atoms with Crippen molar-refractivity contribution in [1.82, 2.24) is 0 Å². The first-order valence-corrected chi connectivity index (χ1v) is 14.6. The maximum atomic E-state index is 10.0. The quantitative estimate of drug-likeness (QED) is 0.0873. The van der Waals surface area contributed by atoms with E-state index in [1.54, 1.807) is 0 Å². The van der Waals surface area contributed by atoms with Gasteiger partial charge in [-0.15, -0.1) is 0 Å². The van der Waals surface area contributed by atoms with Crippen LogP contribution >= 0.6 is 0 Å². The van der Waals surface area contributed by atoms with E-state index < -0.39 is 12.5 Å². The van der Waals surface area contributed by atoms with Gasteiger partial charge in [0.25, 0.3) is 0 Å². The maximum Gasteiger partial charge on any atom is 0.219 e. The first-order valence-electron chi connectivity index (χ1n) is 14.6. The van der Waals surface area contributed by atoms with Crippen molar-refractivity contribution in [1.29, 1.82) is 0 Å². The molecular formula is C28H60ClNO5. The van der Waals surface area contributed by atoms with Crippen molar-refractivity contribution in [3.63, 3.8) is 0 Å². The van der Waals surface area contributed by atoms with Crippen LogP contribution in [-0.2, 0) is 9.47 Å². The molecule has 0 aliphatic carbocycles. The molecular weight excluding hydrogens is 466 g/mol. The zero-order chi connectivity index (χ0) is 25.3. The SMILES string of the molecule is CCCCCCCCCCCCCCCCCC[N+](CCO)(C(CO)OCC)C(CO)OCC.[Cl-]. The number of rotatable bonds is 27. The van der Waals surface area contributed by atoms with Gasteiger partial charge in [0.1, 0.15) is 19.8 Å². The summed E-state index contributed by atoms with van der Waals surface area (Å²) in [4.78, 5) is 0. The Morgan fingerprint density at radius 2 is 0.857 bits per heavy atom. The average Bonchev–Trinajstić information content (AvgIpc) is 2.85. The predicted molar refractivity (Wildman–Crippen MR) is 142 cm³/mol. The Hall–Kier alpha value is 0.0500. The number of quaternary nitrogens is 1. The van der Waals surface area contributed by atoms with Gasteiger partial charge < -0.3 is 37.2 Å².